The molecule has 1 saturated carbocycles. The van der Waals surface area contributed by atoms with Gasteiger partial charge in [0.1, 0.15) is 11.4 Å². The van der Waals surface area contributed by atoms with Crippen molar-refractivity contribution >= 4 is 17.4 Å². The molecule has 0 heterocycles. The van der Waals surface area contributed by atoms with Gasteiger partial charge in [-0.25, -0.2) is 0 Å². The Morgan fingerprint density at radius 2 is 2.38 bits per heavy atom. The fourth-order valence-electron chi connectivity index (χ4n) is 1.16. The van der Waals surface area contributed by atoms with E-state index in [2.05, 4.69) is 11.9 Å². The van der Waals surface area contributed by atoms with Gasteiger partial charge in [0.2, 0.25) is 11.5 Å². The summed E-state index contributed by atoms with van der Waals surface area (Å²) in [7, 11) is 0. The summed E-state index contributed by atoms with van der Waals surface area (Å²) in [5.74, 6) is -0.000891. The van der Waals surface area contributed by atoms with E-state index in [4.69, 9.17) is 16.9 Å². The molecule has 0 unspecified atom stereocenters. The SMILES string of the molecule is C=CCN/C=C(/C#N)[NH2+]CC(=O)C1(Cl)CC1. The Balaban J connectivity index is 2.34. The number of allylic oxidation sites excluding steroid dienone is 1. The maximum absolute atomic E-state index is 11.5. The minimum atomic E-state index is -0.633. The second-order valence-corrected chi connectivity index (χ2v) is 4.43. The number of hydrogen-bond acceptors (Lipinski definition) is 3. The van der Waals surface area contributed by atoms with Crippen LogP contribution in [0.4, 0.5) is 0 Å². The van der Waals surface area contributed by atoms with E-state index >= 15 is 0 Å². The number of carbonyl (C=O) groups excluding carboxylic acids is 1. The van der Waals surface area contributed by atoms with Gasteiger partial charge in [-0.15, -0.1) is 18.2 Å². The molecule has 3 N–H and O–H groups in total. The lowest BCUT2D eigenvalue weighted by molar-refractivity contribution is -0.589. The molecule has 4 nitrogen and oxygen atoms in total. The Bertz CT molecular complexity index is 353. The molecule has 0 radical (unpaired) electrons. The van der Waals surface area contributed by atoms with Gasteiger partial charge in [0.05, 0.1) is 6.20 Å². The van der Waals surface area contributed by atoms with Gasteiger partial charge < -0.3 is 5.32 Å². The lowest BCUT2D eigenvalue weighted by atomic mass is 10.2. The number of nitrogens with zero attached hydrogens (tertiary/aromatic N) is 1. The third-order valence-electron chi connectivity index (χ3n) is 2.34. The summed E-state index contributed by atoms with van der Waals surface area (Å²) in [6.07, 6.45) is 4.76. The average Bonchev–Trinajstić information content (AvgIpc) is 3.02. The zero-order valence-corrected chi connectivity index (χ0v) is 9.76. The van der Waals surface area contributed by atoms with Crippen molar-refractivity contribution in [1.82, 2.24) is 5.32 Å². The van der Waals surface area contributed by atoms with Crippen LogP contribution in [0.5, 0.6) is 0 Å². The maximum Gasteiger partial charge on any atom is 0.223 e. The highest BCUT2D eigenvalue weighted by atomic mass is 35.5. The highest BCUT2D eigenvalue weighted by molar-refractivity contribution is 6.37. The molecule has 0 bridgehead atoms. The Morgan fingerprint density at radius 1 is 1.69 bits per heavy atom. The van der Waals surface area contributed by atoms with Crippen molar-refractivity contribution in [3.8, 4) is 6.07 Å². The molecular formula is C11H15ClN3O+. The average molecular weight is 241 g/mol. The Labute approximate surface area is 100.0 Å². The van der Waals surface area contributed by atoms with Gasteiger partial charge in [0.15, 0.2) is 6.07 Å². The lowest BCUT2D eigenvalue weighted by Crippen LogP contribution is -2.84. The first kappa shape index (κ1) is 12.8. The molecule has 0 atom stereocenters. The third kappa shape index (κ3) is 3.69. The number of alkyl halides is 1. The quantitative estimate of drug-likeness (QED) is 0.286. The van der Waals surface area contributed by atoms with Crippen LogP contribution in [0.3, 0.4) is 0 Å². The molecule has 0 aromatic heterocycles. The number of nitrogens with one attached hydrogen (secondary N) is 1. The summed E-state index contributed by atoms with van der Waals surface area (Å²) in [6, 6.07) is 2.00. The van der Waals surface area contributed by atoms with E-state index in [1.54, 1.807) is 17.6 Å². The predicted octanol–water partition coefficient (Wildman–Crippen LogP) is 0.0309. The van der Waals surface area contributed by atoms with Crippen LogP contribution in [-0.4, -0.2) is 23.7 Å². The summed E-state index contributed by atoms with van der Waals surface area (Å²) in [5, 5.41) is 13.3. The number of quaternary nitrogens is 1. The second kappa shape index (κ2) is 5.69. The molecule has 16 heavy (non-hydrogen) atoms. The highest BCUT2D eigenvalue weighted by Crippen LogP contribution is 2.42. The molecule has 86 valence electrons. The molecule has 0 aromatic rings. The molecule has 1 rings (SSSR count). The number of hydrogen-bond donors (Lipinski definition) is 2. The van der Waals surface area contributed by atoms with Crippen LogP contribution >= 0.6 is 11.6 Å². The van der Waals surface area contributed by atoms with E-state index in [1.807, 2.05) is 6.07 Å². The summed E-state index contributed by atoms with van der Waals surface area (Å²) in [6.45, 7) is 4.35. The van der Waals surface area contributed by atoms with Gasteiger partial charge in [-0.2, -0.15) is 5.26 Å². The smallest absolute Gasteiger partial charge is 0.223 e. The molecule has 0 aliphatic heterocycles. The van der Waals surface area contributed by atoms with Gasteiger partial charge in [-0.3, -0.25) is 10.1 Å². The number of ketones is 1. The molecule has 1 fully saturated rings. The first-order valence-corrected chi connectivity index (χ1v) is 5.50. The van der Waals surface area contributed by atoms with E-state index in [1.165, 1.54) is 0 Å². The van der Waals surface area contributed by atoms with Crippen LogP contribution in [0.25, 0.3) is 0 Å². The van der Waals surface area contributed by atoms with Crippen molar-refractivity contribution in [2.75, 3.05) is 13.1 Å². The number of nitrogens with two attached hydrogens (primary N) is 1. The van der Waals surface area contributed by atoms with E-state index in [0.717, 1.165) is 12.8 Å². The summed E-state index contributed by atoms with van der Waals surface area (Å²) >= 11 is 5.95. The summed E-state index contributed by atoms with van der Waals surface area (Å²) in [4.78, 5) is 10.9. The predicted molar refractivity (Wildman–Crippen MR) is 61.5 cm³/mol. The Hall–Kier alpha value is -1.31. The topological polar surface area (TPSA) is 69.5 Å². The number of Topliss-reactive ketones (excluding diaryl/α,β-unsaturated/α-hetero) is 1. The van der Waals surface area contributed by atoms with Gasteiger partial charge in [0, 0.05) is 6.54 Å². The summed E-state index contributed by atoms with van der Waals surface area (Å²) in [5.41, 5.74) is 0.441. The van der Waals surface area contributed by atoms with Crippen LogP contribution in [0.1, 0.15) is 12.8 Å². The van der Waals surface area contributed by atoms with E-state index < -0.39 is 4.87 Å². The first-order valence-electron chi connectivity index (χ1n) is 5.12. The number of carbonyl (C=O) groups is 1. The maximum atomic E-state index is 11.5. The molecule has 0 spiro atoms. The van der Waals surface area contributed by atoms with Crippen molar-refractivity contribution in [2.45, 2.75) is 17.7 Å². The van der Waals surface area contributed by atoms with Crippen LogP contribution < -0.4 is 10.6 Å². The minimum absolute atomic E-state index is 0.000891. The van der Waals surface area contributed by atoms with Crippen molar-refractivity contribution in [2.24, 2.45) is 0 Å². The molecule has 1 aliphatic rings. The van der Waals surface area contributed by atoms with E-state index in [9.17, 15) is 4.79 Å². The van der Waals surface area contributed by atoms with E-state index in [-0.39, 0.29) is 12.3 Å². The van der Waals surface area contributed by atoms with Crippen LogP contribution in [0.2, 0.25) is 0 Å². The van der Waals surface area contributed by atoms with E-state index in [0.29, 0.717) is 12.2 Å². The number of nitriles is 1. The van der Waals surface area contributed by atoms with Gasteiger partial charge in [0.25, 0.3) is 0 Å². The zero-order valence-electron chi connectivity index (χ0n) is 9.00. The van der Waals surface area contributed by atoms with Crippen molar-refractivity contribution in [3.05, 3.63) is 24.6 Å². The normalized spacial score (nSPS) is 17.4. The zero-order chi connectivity index (χ0) is 12.0. The standard InChI is InChI=1S/C11H14ClN3O/c1-2-5-14-7-9(6-13)15-8-10(16)11(12)3-4-11/h2,7,14-15H,1,3-5,8H2/p+1/b9-7-. The van der Waals surface area contributed by atoms with Crippen LogP contribution in [-0.2, 0) is 4.79 Å². The van der Waals surface area contributed by atoms with Crippen molar-refractivity contribution in [3.63, 3.8) is 0 Å². The first-order chi connectivity index (χ1) is 7.62. The van der Waals surface area contributed by atoms with Crippen LogP contribution in [0, 0.1) is 11.3 Å². The molecule has 0 saturated heterocycles. The molecular weight excluding hydrogens is 226 g/mol. The fraction of sp³-hybridized carbons (Fsp3) is 0.455. The molecule has 1 aliphatic carbocycles. The van der Waals surface area contributed by atoms with Gasteiger partial charge in [-0.1, -0.05) is 6.08 Å². The monoisotopic (exact) mass is 240 g/mol. The number of halogens is 1. The van der Waals surface area contributed by atoms with Crippen molar-refractivity contribution < 1.29 is 10.1 Å². The molecule has 0 amide bonds. The second-order valence-electron chi connectivity index (χ2n) is 3.71. The van der Waals surface area contributed by atoms with Crippen molar-refractivity contribution in [1.29, 1.82) is 5.26 Å². The largest absolute Gasteiger partial charge is 0.382 e. The molecule has 0 aromatic carbocycles. The third-order valence-corrected chi connectivity index (χ3v) is 2.93. The lowest BCUT2D eigenvalue weighted by Gasteiger charge is -2.03. The van der Waals surface area contributed by atoms with Gasteiger partial charge >= 0.3 is 0 Å². The molecule has 5 heteroatoms. The van der Waals surface area contributed by atoms with Crippen LogP contribution in [0.15, 0.2) is 24.6 Å². The Morgan fingerprint density at radius 3 is 2.88 bits per heavy atom. The van der Waals surface area contributed by atoms with Gasteiger partial charge in [-0.05, 0) is 12.8 Å². The fourth-order valence-corrected chi connectivity index (χ4v) is 1.33. The minimum Gasteiger partial charge on any atom is -0.382 e. The number of rotatable bonds is 7. The highest BCUT2D eigenvalue weighted by Gasteiger charge is 2.48. The Kier molecular flexibility index (Phi) is 4.53. The summed E-state index contributed by atoms with van der Waals surface area (Å²) < 4.78 is 0.